The van der Waals surface area contributed by atoms with Gasteiger partial charge in [0.25, 0.3) is 0 Å². The first-order valence-corrected chi connectivity index (χ1v) is 21.1. The number of furan rings is 1. The number of para-hydroxylation sites is 3. The van der Waals surface area contributed by atoms with Crippen LogP contribution in [0.2, 0.25) is 0 Å². The van der Waals surface area contributed by atoms with E-state index in [1.807, 2.05) is 12.1 Å². The third-order valence-electron chi connectivity index (χ3n) is 12.5. The first-order chi connectivity index (χ1) is 30.2. The summed E-state index contributed by atoms with van der Waals surface area (Å²) in [4.78, 5) is 2.35. The van der Waals surface area contributed by atoms with Crippen molar-refractivity contribution in [1.29, 1.82) is 0 Å². The Hall–Kier alpha value is -7.88. The van der Waals surface area contributed by atoms with Crippen LogP contribution in [0, 0.1) is 0 Å². The van der Waals surface area contributed by atoms with E-state index in [0.29, 0.717) is 0 Å². The Morgan fingerprint density at radius 2 is 1.00 bits per heavy atom. The van der Waals surface area contributed by atoms with Gasteiger partial charge in [-0.1, -0.05) is 158 Å². The molecule has 11 aromatic rings. The molecule has 0 amide bonds. The third-order valence-corrected chi connectivity index (χ3v) is 12.5. The first kappa shape index (κ1) is 35.1. The maximum atomic E-state index is 6.42. The summed E-state index contributed by atoms with van der Waals surface area (Å²) in [5, 5.41) is 7.49. The van der Waals surface area contributed by atoms with Crippen molar-refractivity contribution in [3.05, 3.63) is 224 Å². The SMILES string of the molecule is C1=C(c2ccc(N(c3ccc(-c4ccccc4)cc3)c3ccc(-c4cccc5c4oc4ccccc45)cc3)cc2)CCC(n2c3ccccc3c3c4ccccc4ccc32)=C1. The molecule has 12 rings (SSSR count). The molecule has 2 heterocycles. The van der Waals surface area contributed by atoms with Crippen molar-refractivity contribution in [3.63, 3.8) is 0 Å². The van der Waals surface area contributed by atoms with Gasteiger partial charge < -0.3 is 13.9 Å². The van der Waals surface area contributed by atoms with Crippen molar-refractivity contribution in [2.75, 3.05) is 4.90 Å². The van der Waals surface area contributed by atoms with E-state index in [4.69, 9.17) is 4.42 Å². The molecule has 0 fully saturated rings. The van der Waals surface area contributed by atoms with Crippen molar-refractivity contribution < 1.29 is 4.42 Å². The zero-order valence-corrected chi connectivity index (χ0v) is 33.5. The fraction of sp³-hybridized carbons (Fsp3) is 0.0345. The van der Waals surface area contributed by atoms with Gasteiger partial charge in [-0.2, -0.15) is 0 Å². The minimum Gasteiger partial charge on any atom is -0.455 e. The van der Waals surface area contributed by atoms with Crippen LogP contribution >= 0.6 is 0 Å². The summed E-state index contributed by atoms with van der Waals surface area (Å²) in [6.07, 6.45) is 6.59. The van der Waals surface area contributed by atoms with Crippen LogP contribution < -0.4 is 4.90 Å². The van der Waals surface area contributed by atoms with E-state index >= 15 is 0 Å². The van der Waals surface area contributed by atoms with Gasteiger partial charge in [0.15, 0.2) is 0 Å². The second-order valence-corrected chi connectivity index (χ2v) is 16.0. The summed E-state index contributed by atoms with van der Waals surface area (Å²) < 4.78 is 8.90. The number of fused-ring (bicyclic) bond motifs is 8. The fourth-order valence-electron chi connectivity index (χ4n) is 9.57. The normalized spacial score (nSPS) is 13.0. The maximum absolute atomic E-state index is 6.42. The Bertz CT molecular complexity index is 3490. The molecule has 0 unspecified atom stereocenters. The predicted molar refractivity (Wildman–Crippen MR) is 258 cm³/mol. The molecule has 0 atom stereocenters. The predicted octanol–water partition coefficient (Wildman–Crippen LogP) is 16.4. The highest BCUT2D eigenvalue weighted by molar-refractivity contribution is 6.21. The van der Waals surface area contributed by atoms with Crippen LogP contribution in [0.3, 0.4) is 0 Å². The number of aromatic nitrogens is 1. The van der Waals surface area contributed by atoms with E-state index in [-0.39, 0.29) is 0 Å². The molecule has 3 nitrogen and oxygen atoms in total. The van der Waals surface area contributed by atoms with Gasteiger partial charge in [0.1, 0.15) is 11.2 Å². The quantitative estimate of drug-likeness (QED) is 0.161. The number of benzene rings is 9. The van der Waals surface area contributed by atoms with Crippen molar-refractivity contribution in [3.8, 4) is 22.3 Å². The van der Waals surface area contributed by atoms with Gasteiger partial charge in [0, 0.05) is 49.9 Å². The molecule has 61 heavy (non-hydrogen) atoms. The standard InChI is InChI=1S/C58H40N2O/c1-2-11-39(12-3-1)40-21-30-45(31-22-40)59(47-36-27-44(28-37-47)50-17-10-18-52-51-15-7-9-20-56(51)61-58(50)52)46-32-23-41(24-33-46)42-25-34-48(35-26-42)60-54-19-8-6-16-53(54)57-49-14-5-4-13-43(49)29-38-55(57)60/h1-25,27-34,36-38H,26,35H2. The number of nitrogens with zero attached hydrogens (tertiary/aromatic N) is 2. The molecular weight excluding hydrogens is 741 g/mol. The molecule has 0 aliphatic heterocycles. The summed E-state index contributed by atoms with van der Waals surface area (Å²) in [5.74, 6) is 0. The number of rotatable bonds is 7. The monoisotopic (exact) mass is 780 g/mol. The lowest BCUT2D eigenvalue weighted by atomic mass is 9.95. The molecular formula is C58H40N2O. The van der Waals surface area contributed by atoms with Crippen molar-refractivity contribution in [1.82, 2.24) is 4.57 Å². The Balaban J connectivity index is 0.896. The highest BCUT2D eigenvalue weighted by Gasteiger charge is 2.20. The molecule has 0 saturated heterocycles. The lowest BCUT2D eigenvalue weighted by Gasteiger charge is -2.26. The zero-order chi connectivity index (χ0) is 40.3. The molecule has 1 aliphatic carbocycles. The second-order valence-electron chi connectivity index (χ2n) is 16.0. The number of hydrogen-bond acceptors (Lipinski definition) is 2. The summed E-state index contributed by atoms with van der Waals surface area (Å²) in [6, 6.07) is 74.3. The minimum absolute atomic E-state index is 0.910. The molecule has 1 aliphatic rings. The van der Waals surface area contributed by atoms with Crippen LogP contribution in [0.15, 0.2) is 223 Å². The van der Waals surface area contributed by atoms with E-state index in [9.17, 15) is 0 Å². The Morgan fingerprint density at radius 1 is 0.393 bits per heavy atom. The molecule has 0 spiro atoms. The van der Waals surface area contributed by atoms with Crippen molar-refractivity contribution in [2.24, 2.45) is 0 Å². The summed E-state index contributed by atoms with van der Waals surface area (Å²) >= 11 is 0. The molecule has 0 radical (unpaired) electrons. The lowest BCUT2D eigenvalue weighted by molar-refractivity contribution is 0.670. The molecule has 0 bridgehead atoms. The molecule has 3 heteroatoms. The number of anilines is 3. The largest absolute Gasteiger partial charge is 0.455 e. The van der Waals surface area contributed by atoms with E-state index in [1.165, 1.54) is 60.5 Å². The molecule has 0 saturated carbocycles. The average molecular weight is 781 g/mol. The summed E-state index contributed by atoms with van der Waals surface area (Å²) in [7, 11) is 0. The van der Waals surface area contributed by atoms with E-state index in [0.717, 1.165) is 63.0 Å². The lowest BCUT2D eigenvalue weighted by Crippen LogP contribution is -2.10. The van der Waals surface area contributed by atoms with Gasteiger partial charge in [0.05, 0.1) is 11.0 Å². The highest BCUT2D eigenvalue weighted by atomic mass is 16.3. The van der Waals surface area contributed by atoms with Crippen LogP contribution in [0.5, 0.6) is 0 Å². The maximum Gasteiger partial charge on any atom is 0.143 e. The highest BCUT2D eigenvalue weighted by Crippen LogP contribution is 2.42. The van der Waals surface area contributed by atoms with Crippen molar-refractivity contribution in [2.45, 2.75) is 12.8 Å². The van der Waals surface area contributed by atoms with Crippen LogP contribution in [0.1, 0.15) is 18.4 Å². The van der Waals surface area contributed by atoms with Gasteiger partial charge in [-0.05, 0) is 112 Å². The molecule has 288 valence electrons. The smallest absolute Gasteiger partial charge is 0.143 e. The van der Waals surface area contributed by atoms with Gasteiger partial charge >= 0.3 is 0 Å². The van der Waals surface area contributed by atoms with Gasteiger partial charge in [-0.25, -0.2) is 0 Å². The van der Waals surface area contributed by atoms with Crippen LogP contribution in [-0.4, -0.2) is 4.57 Å². The molecule has 0 N–H and O–H groups in total. The molecule has 2 aromatic heterocycles. The average Bonchev–Trinajstić information content (AvgIpc) is 3.89. The Morgan fingerprint density at radius 3 is 1.74 bits per heavy atom. The Kier molecular flexibility index (Phi) is 8.31. The van der Waals surface area contributed by atoms with Gasteiger partial charge in [-0.3, -0.25) is 0 Å². The second kappa shape index (κ2) is 14.4. The fourth-order valence-corrected chi connectivity index (χ4v) is 9.57. The summed E-state index contributed by atoms with van der Waals surface area (Å²) in [5.41, 5.74) is 16.2. The molecule has 9 aromatic carbocycles. The number of hydrogen-bond donors (Lipinski definition) is 0. The van der Waals surface area contributed by atoms with Gasteiger partial charge in [0.2, 0.25) is 0 Å². The zero-order valence-electron chi connectivity index (χ0n) is 33.5. The van der Waals surface area contributed by atoms with Crippen LogP contribution in [0.4, 0.5) is 17.1 Å². The van der Waals surface area contributed by atoms with Gasteiger partial charge in [-0.15, -0.1) is 0 Å². The van der Waals surface area contributed by atoms with E-state index in [1.54, 1.807) is 0 Å². The topological polar surface area (TPSA) is 21.3 Å². The van der Waals surface area contributed by atoms with Crippen molar-refractivity contribution >= 4 is 82.8 Å². The van der Waals surface area contributed by atoms with Crippen LogP contribution in [-0.2, 0) is 0 Å². The minimum atomic E-state index is 0.910. The van der Waals surface area contributed by atoms with Crippen LogP contribution in [0.25, 0.3) is 88.0 Å². The number of allylic oxidation sites excluding steroid dienone is 4. The Labute approximate surface area is 354 Å². The third kappa shape index (κ3) is 5.97. The summed E-state index contributed by atoms with van der Waals surface area (Å²) in [6.45, 7) is 0. The van der Waals surface area contributed by atoms with E-state index in [2.05, 4.69) is 216 Å². The van der Waals surface area contributed by atoms with E-state index < -0.39 is 0 Å². The first-order valence-electron chi connectivity index (χ1n) is 21.1.